The molecular weight excluding hydrogens is 310 g/mol. The summed E-state index contributed by atoms with van der Waals surface area (Å²) in [6, 6.07) is 0. The number of nitrogens with one attached hydrogen (secondary N) is 2. The highest BCUT2D eigenvalue weighted by molar-refractivity contribution is 7.99. The van der Waals surface area contributed by atoms with E-state index >= 15 is 0 Å². The average molecular weight is 327 g/mol. The van der Waals surface area contributed by atoms with Crippen LogP contribution in [0.25, 0.3) is 11.2 Å². The van der Waals surface area contributed by atoms with Gasteiger partial charge in [-0.05, 0) is 0 Å². The predicted molar refractivity (Wildman–Crippen MR) is 82.4 cm³/mol. The first-order valence-corrected chi connectivity index (χ1v) is 7.51. The van der Waals surface area contributed by atoms with Gasteiger partial charge in [0.15, 0.2) is 16.3 Å². The van der Waals surface area contributed by atoms with E-state index in [4.69, 9.17) is 16.6 Å². The number of nitrogens with two attached hydrogens (primary N) is 2. The number of H-pyrrole nitrogens is 1. The average Bonchev–Trinajstić information content (AvgIpc) is 2.82. The maximum absolute atomic E-state index is 11.8. The largest absolute Gasteiger partial charge is 0.395 e. The van der Waals surface area contributed by atoms with Crippen LogP contribution in [-0.2, 0) is 11.3 Å². The minimum absolute atomic E-state index is 0.0108. The van der Waals surface area contributed by atoms with Gasteiger partial charge in [-0.2, -0.15) is 4.98 Å². The van der Waals surface area contributed by atoms with Crippen molar-refractivity contribution in [3.05, 3.63) is 10.4 Å². The Balaban J connectivity index is 2.21. The van der Waals surface area contributed by atoms with E-state index in [0.717, 1.165) is 0 Å². The van der Waals surface area contributed by atoms with Crippen molar-refractivity contribution in [2.45, 2.75) is 11.7 Å². The highest BCUT2D eigenvalue weighted by Crippen LogP contribution is 2.21. The van der Waals surface area contributed by atoms with Crippen LogP contribution >= 0.6 is 11.8 Å². The van der Waals surface area contributed by atoms with Gasteiger partial charge in [-0.25, -0.2) is 4.98 Å². The smallest absolute Gasteiger partial charge is 0.280 e. The molecule has 2 aromatic heterocycles. The van der Waals surface area contributed by atoms with E-state index in [1.54, 1.807) is 4.57 Å². The molecule has 2 heterocycles. The Labute approximate surface area is 129 Å². The molecule has 2 rings (SSSR count). The number of amides is 1. The maximum Gasteiger partial charge on any atom is 0.280 e. The number of aromatic amines is 1. The first kappa shape index (κ1) is 16.3. The lowest BCUT2D eigenvalue weighted by molar-refractivity contribution is -0.119. The lowest BCUT2D eigenvalue weighted by atomic mass is 10.5. The molecule has 0 unspecified atom stereocenters. The molecular formula is C11H17N7O3S. The number of aliphatic hydroxyl groups is 1. The molecule has 0 saturated carbocycles. The minimum Gasteiger partial charge on any atom is -0.395 e. The van der Waals surface area contributed by atoms with Crippen molar-refractivity contribution >= 4 is 34.8 Å². The van der Waals surface area contributed by atoms with E-state index in [2.05, 4.69) is 20.3 Å². The molecule has 0 saturated heterocycles. The summed E-state index contributed by atoms with van der Waals surface area (Å²) in [6.07, 6.45) is 0. The van der Waals surface area contributed by atoms with Gasteiger partial charge in [-0.15, -0.1) is 0 Å². The van der Waals surface area contributed by atoms with Crippen molar-refractivity contribution in [2.24, 2.45) is 5.73 Å². The second-order valence-electron chi connectivity index (χ2n) is 4.30. The first-order valence-electron chi connectivity index (χ1n) is 6.53. The summed E-state index contributed by atoms with van der Waals surface area (Å²) in [6.45, 7) is 0.461. The summed E-state index contributed by atoms with van der Waals surface area (Å²) in [5, 5.41) is 12.3. The molecule has 0 spiro atoms. The molecule has 0 fully saturated rings. The van der Waals surface area contributed by atoms with Crippen LogP contribution in [0.5, 0.6) is 0 Å². The van der Waals surface area contributed by atoms with Gasteiger partial charge in [0.1, 0.15) is 0 Å². The predicted octanol–water partition coefficient (Wildman–Crippen LogP) is -2.14. The van der Waals surface area contributed by atoms with Crippen LogP contribution in [0.1, 0.15) is 0 Å². The monoisotopic (exact) mass is 327 g/mol. The van der Waals surface area contributed by atoms with E-state index in [9.17, 15) is 9.59 Å². The van der Waals surface area contributed by atoms with Crippen LogP contribution in [0.2, 0.25) is 0 Å². The normalized spacial score (nSPS) is 11.0. The lowest BCUT2D eigenvalue weighted by Gasteiger charge is -2.06. The van der Waals surface area contributed by atoms with Crippen LogP contribution in [0.3, 0.4) is 0 Å². The lowest BCUT2D eigenvalue weighted by Crippen LogP contribution is -2.31. The number of carbonyl (C=O) groups is 1. The molecule has 0 radical (unpaired) electrons. The Bertz CT molecular complexity index is 726. The van der Waals surface area contributed by atoms with Crippen molar-refractivity contribution in [2.75, 3.05) is 31.2 Å². The quantitative estimate of drug-likeness (QED) is 0.284. The molecule has 1 amide bonds. The standard InChI is InChI=1S/C11H17N7O3S/c12-5-6(20)14-1-4-22-11-15-7-8(18(11)2-3-19)16-10(13)17-9(7)21/h19H,1-5,12H2,(H,14,20)(H3,13,16,17,21). The first-order chi connectivity index (χ1) is 10.6. The molecule has 0 atom stereocenters. The van der Waals surface area contributed by atoms with E-state index in [1.807, 2.05) is 0 Å². The topological polar surface area (TPSA) is 165 Å². The summed E-state index contributed by atoms with van der Waals surface area (Å²) in [5.74, 6) is 0.284. The van der Waals surface area contributed by atoms with Gasteiger partial charge in [-0.1, -0.05) is 11.8 Å². The molecule has 120 valence electrons. The Kier molecular flexibility index (Phi) is 5.35. The Morgan fingerprint density at radius 1 is 1.45 bits per heavy atom. The van der Waals surface area contributed by atoms with Gasteiger partial charge < -0.3 is 26.5 Å². The zero-order valence-corrected chi connectivity index (χ0v) is 12.5. The van der Waals surface area contributed by atoms with Crippen LogP contribution in [0.15, 0.2) is 9.95 Å². The Hall–Kier alpha value is -2.11. The van der Waals surface area contributed by atoms with Gasteiger partial charge in [-0.3, -0.25) is 14.6 Å². The second-order valence-corrected chi connectivity index (χ2v) is 5.36. The third-order valence-electron chi connectivity index (χ3n) is 2.75. The third-order valence-corrected chi connectivity index (χ3v) is 3.73. The van der Waals surface area contributed by atoms with Crippen molar-refractivity contribution in [3.8, 4) is 0 Å². The van der Waals surface area contributed by atoms with Crippen molar-refractivity contribution in [1.29, 1.82) is 0 Å². The Morgan fingerprint density at radius 2 is 2.23 bits per heavy atom. The third kappa shape index (κ3) is 3.55. The molecule has 11 heteroatoms. The van der Waals surface area contributed by atoms with E-state index < -0.39 is 5.56 Å². The molecule has 0 aliphatic rings. The van der Waals surface area contributed by atoms with Gasteiger partial charge in [0.25, 0.3) is 5.56 Å². The number of nitrogen functional groups attached to an aromatic ring is 1. The number of anilines is 1. The number of hydrogen-bond acceptors (Lipinski definition) is 8. The molecule has 0 aliphatic heterocycles. The number of fused-ring (bicyclic) bond motifs is 1. The Morgan fingerprint density at radius 3 is 2.91 bits per heavy atom. The summed E-state index contributed by atoms with van der Waals surface area (Å²) < 4.78 is 1.62. The number of imidazole rings is 1. The SMILES string of the molecule is NCC(=O)NCCSc1nc2c(=O)[nH]c(N)nc2n1CCO. The number of aromatic nitrogens is 4. The summed E-state index contributed by atoms with van der Waals surface area (Å²) in [7, 11) is 0. The number of thioether (sulfide) groups is 1. The number of nitrogens with zero attached hydrogens (tertiary/aromatic N) is 3. The summed E-state index contributed by atoms with van der Waals surface area (Å²) >= 11 is 1.33. The van der Waals surface area contributed by atoms with E-state index in [-0.39, 0.29) is 37.1 Å². The molecule has 22 heavy (non-hydrogen) atoms. The van der Waals surface area contributed by atoms with Gasteiger partial charge in [0.05, 0.1) is 13.2 Å². The van der Waals surface area contributed by atoms with Crippen molar-refractivity contribution in [1.82, 2.24) is 24.8 Å². The summed E-state index contributed by atoms with van der Waals surface area (Å²) in [4.78, 5) is 33.5. The number of rotatable bonds is 7. The fourth-order valence-corrected chi connectivity index (χ4v) is 2.70. The van der Waals surface area contributed by atoms with Crippen LogP contribution < -0.4 is 22.3 Å². The minimum atomic E-state index is -0.433. The highest BCUT2D eigenvalue weighted by atomic mass is 32.2. The molecule has 0 bridgehead atoms. The number of aliphatic hydroxyl groups excluding tert-OH is 1. The van der Waals surface area contributed by atoms with E-state index in [1.165, 1.54) is 11.8 Å². The van der Waals surface area contributed by atoms with Crippen LogP contribution in [0.4, 0.5) is 5.95 Å². The van der Waals surface area contributed by atoms with Crippen LogP contribution in [0, 0.1) is 0 Å². The zero-order valence-electron chi connectivity index (χ0n) is 11.7. The molecule has 10 nitrogen and oxygen atoms in total. The van der Waals surface area contributed by atoms with Gasteiger partial charge >= 0.3 is 0 Å². The van der Waals surface area contributed by atoms with Crippen molar-refractivity contribution < 1.29 is 9.90 Å². The van der Waals surface area contributed by atoms with Crippen LogP contribution in [-0.4, -0.2) is 56.0 Å². The maximum atomic E-state index is 11.8. The number of carbonyl (C=O) groups excluding carboxylic acids is 1. The number of hydrogen-bond donors (Lipinski definition) is 5. The van der Waals surface area contributed by atoms with E-state index in [0.29, 0.717) is 23.1 Å². The molecule has 0 aliphatic carbocycles. The zero-order chi connectivity index (χ0) is 16.1. The highest BCUT2D eigenvalue weighted by Gasteiger charge is 2.15. The van der Waals surface area contributed by atoms with Gasteiger partial charge in [0.2, 0.25) is 11.9 Å². The second kappa shape index (κ2) is 7.24. The molecule has 7 N–H and O–H groups in total. The van der Waals surface area contributed by atoms with Crippen molar-refractivity contribution in [3.63, 3.8) is 0 Å². The fourth-order valence-electron chi connectivity index (χ4n) is 1.82. The fraction of sp³-hybridized carbons (Fsp3) is 0.455. The molecule has 2 aromatic rings. The summed E-state index contributed by atoms with van der Waals surface area (Å²) in [5.41, 5.74) is 10.8. The molecule has 0 aromatic carbocycles. The van der Waals surface area contributed by atoms with Gasteiger partial charge in [0, 0.05) is 18.8 Å².